The second-order valence-electron chi connectivity index (χ2n) is 10.1. The van der Waals surface area contributed by atoms with Crippen molar-refractivity contribution in [1.82, 2.24) is 5.32 Å². The Morgan fingerprint density at radius 2 is 1.33 bits per heavy atom. The molecule has 4 rings (SSSR count). The number of aryl methyl sites for hydroxylation is 1. The molecule has 0 spiro atoms. The predicted octanol–water partition coefficient (Wildman–Crippen LogP) is 6.40. The standard InChI is InChI=1S/C33H33NO5/c1-22-7-9-26(10-8-22)30(35)21-29(25-13-11-24(12-14-25)23-5-3-2-4-6-23)32(38)27-15-17-28(18-16-27)33(39)34-20-19-31(36)37/h7-18,21,23H,2-6,19-20H2,1H3,(H,34,39)(H,36,37)/b29-21-. The van der Waals surface area contributed by atoms with Crippen LogP contribution in [0.3, 0.4) is 0 Å². The van der Waals surface area contributed by atoms with E-state index in [0.29, 0.717) is 28.2 Å². The Morgan fingerprint density at radius 3 is 1.95 bits per heavy atom. The van der Waals surface area contributed by atoms with Gasteiger partial charge in [0.1, 0.15) is 0 Å². The van der Waals surface area contributed by atoms with Gasteiger partial charge in [-0.05, 0) is 55.0 Å². The van der Waals surface area contributed by atoms with Gasteiger partial charge in [0.2, 0.25) is 0 Å². The third kappa shape index (κ3) is 7.38. The van der Waals surface area contributed by atoms with Crippen molar-refractivity contribution in [2.45, 2.75) is 51.4 Å². The molecule has 6 heteroatoms. The lowest BCUT2D eigenvalue weighted by Crippen LogP contribution is -2.26. The topological polar surface area (TPSA) is 101 Å². The van der Waals surface area contributed by atoms with Gasteiger partial charge in [0.15, 0.2) is 11.6 Å². The molecule has 1 saturated carbocycles. The predicted molar refractivity (Wildman–Crippen MR) is 151 cm³/mol. The highest BCUT2D eigenvalue weighted by atomic mass is 16.4. The highest BCUT2D eigenvalue weighted by Gasteiger charge is 2.20. The van der Waals surface area contributed by atoms with Crippen molar-refractivity contribution < 1.29 is 24.3 Å². The van der Waals surface area contributed by atoms with Crippen LogP contribution < -0.4 is 5.32 Å². The Balaban J connectivity index is 1.60. The molecular weight excluding hydrogens is 490 g/mol. The molecule has 0 bridgehead atoms. The molecule has 1 aliphatic carbocycles. The summed E-state index contributed by atoms with van der Waals surface area (Å²) < 4.78 is 0. The Hall–Kier alpha value is -4.32. The first-order valence-electron chi connectivity index (χ1n) is 13.4. The van der Waals surface area contributed by atoms with Crippen molar-refractivity contribution in [2.24, 2.45) is 0 Å². The Labute approximate surface area is 228 Å². The van der Waals surface area contributed by atoms with Gasteiger partial charge in [-0.15, -0.1) is 0 Å². The molecule has 1 fully saturated rings. The number of aliphatic carboxylic acids is 1. The van der Waals surface area contributed by atoms with Gasteiger partial charge < -0.3 is 10.4 Å². The molecule has 0 heterocycles. The van der Waals surface area contributed by atoms with Crippen LogP contribution in [0.4, 0.5) is 0 Å². The summed E-state index contributed by atoms with van der Waals surface area (Å²) in [6.07, 6.45) is 7.30. The van der Waals surface area contributed by atoms with Crippen molar-refractivity contribution in [1.29, 1.82) is 0 Å². The summed E-state index contributed by atoms with van der Waals surface area (Å²) in [6.45, 7) is 1.96. The number of nitrogens with one attached hydrogen (secondary N) is 1. The molecule has 3 aromatic rings. The zero-order valence-corrected chi connectivity index (χ0v) is 22.1. The van der Waals surface area contributed by atoms with E-state index in [1.54, 1.807) is 24.3 Å². The van der Waals surface area contributed by atoms with Crippen LogP contribution in [0.1, 0.15) is 92.2 Å². The number of allylic oxidation sites excluding steroid dienone is 2. The number of carboxylic acids is 1. The molecule has 39 heavy (non-hydrogen) atoms. The maximum absolute atomic E-state index is 13.7. The van der Waals surface area contributed by atoms with E-state index < -0.39 is 11.9 Å². The lowest BCUT2D eigenvalue weighted by Gasteiger charge is -2.22. The number of amides is 1. The number of hydrogen-bond acceptors (Lipinski definition) is 4. The number of carbonyl (C=O) groups is 4. The lowest BCUT2D eigenvalue weighted by atomic mass is 9.83. The third-order valence-corrected chi connectivity index (χ3v) is 7.19. The highest BCUT2D eigenvalue weighted by Crippen LogP contribution is 2.33. The fourth-order valence-corrected chi connectivity index (χ4v) is 4.90. The second kappa shape index (κ2) is 13.0. The summed E-state index contributed by atoms with van der Waals surface area (Å²) in [4.78, 5) is 49.8. The average Bonchev–Trinajstić information content (AvgIpc) is 2.96. The van der Waals surface area contributed by atoms with Crippen LogP contribution in [0, 0.1) is 6.92 Å². The summed E-state index contributed by atoms with van der Waals surface area (Å²) >= 11 is 0. The smallest absolute Gasteiger partial charge is 0.305 e. The van der Waals surface area contributed by atoms with Gasteiger partial charge in [-0.1, -0.05) is 85.5 Å². The lowest BCUT2D eigenvalue weighted by molar-refractivity contribution is -0.136. The fourth-order valence-electron chi connectivity index (χ4n) is 4.90. The number of hydrogen-bond donors (Lipinski definition) is 2. The van der Waals surface area contributed by atoms with Crippen LogP contribution in [0.25, 0.3) is 5.57 Å². The second-order valence-corrected chi connectivity index (χ2v) is 10.1. The van der Waals surface area contributed by atoms with Gasteiger partial charge in [0.05, 0.1) is 6.42 Å². The van der Waals surface area contributed by atoms with Gasteiger partial charge in [-0.3, -0.25) is 19.2 Å². The minimum Gasteiger partial charge on any atom is -0.481 e. The number of carboxylic acid groups (broad SMARTS) is 1. The molecule has 0 saturated heterocycles. The molecule has 0 atom stereocenters. The molecule has 6 nitrogen and oxygen atoms in total. The fraction of sp³-hybridized carbons (Fsp3) is 0.273. The number of Topliss-reactive ketones (excluding diaryl/α,β-unsaturated/α-hetero) is 1. The summed E-state index contributed by atoms with van der Waals surface area (Å²) in [5.74, 6) is -1.47. The minimum atomic E-state index is -0.998. The van der Waals surface area contributed by atoms with Crippen molar-refractivity contribution in [2.75, 3.05) is 6.54 Å². The number of carbonyl (C=O) groups excluding carboxylic acids is 3. The Kier molecular flexibility index (Phi) is 9.21. The minimum absolute atomic E-state index is 0.0136. The van der Waals surface area contributed by atoms with Gasteiger partial charge >= 0.3 is 5.97 Å². The van der Waals surface area contributed by atoms with E-state index in [1.807, 2.05) is 31.2 Å². The molecule has 3 aromatic carbocycles. The van der Waals surface area contributed by atoms with Crippen LogP contribution in [0.15, 0.2) is 78.9 Å². The molecule has 2 N–H and O–H groups in total. The molecule has 0 aliphatic heterocycles. The first-order valence-corrected chi connectivity index (χ1v) is 13.4. The normalized spacial score (nSPS) is 14.0. The monoisotopic (exact) mass is 523 g/mol. The van der Waals surface area contributed by atoms with E-state index in [-0.39, 0.29) is 30.1 Å². The Bertz CT molecular complexity index is 1360. The first-order chi connectivity index (χ1) is 18.8. The summed E-state index contributed by atoms with van der Waals surface area (Å²) in [6, 6.07) is 21.3. The van der Waals surface area contributed by atoms with Crippen molar-refractivity contribution >= 4 is 29.0 Å². The molecule has 1 aliphatic rings. The summed E-state index contributed by atoms with van der Waals surface area (Å²) in [7, 11) is 0. The van der Waals surface area contributed by atoms with E-state index >= 15 is 0 Å². The van der Waals surface area contributed by atoms with Crippen molar-refractivity contribution in [3.05, 3.63) is 112 Å². The van der Waals surface area contributed by atoms with Gasteiger partial charge in [0, 0.05) is 28.8 Å². The van der Waals surface area contributed by atoms with Gasteiger partial charge in [-0.2, -0.15) is 0 Å². The van der Waals surface area contributed by atoms with Crippen LogP contribution in [0.2, 0.25) is 0 Å². The van der Waals surface area contributed by atoms with Crippen molar-refractivity contribution in [3.63, 3.8) is 0 Å². The quantitative estimate of drug-likeness (QED) is 0.237. The van der Waals surface area contributed by atoms with Gasteiger partial charge in [0.25, 0.3) is 5.91 Å². The van der Waals surface area contributed by atoms with Crippen LogP contribution in [0.5, 0.6) is 0 Å². The first kappa shape index (κ1) is 27.7. The zero-order chi connectivity index (χ0) is 27.8. The molecular formula is C33H33NO5. The SMILES string of the molecule is Cc1ccc(C(=O)/C=C(\C(=O)c2ccc(C(=O)NCCC(=O)O)cc2)c2ccc(C3CCCCC3)cc2)cc1. The number of ketones is 2. The third-order valence-electron chi connectivity index (χ3n) is 7.19. The van der Waals surface area contributed by atoms with E-state index in [2.05, 4.69) is 17.4 Å². The average molecular weight is 524 g/mol. The molecule has 0 aromatic heterocycles. The molecule has 0 radical (unpaired) electrons. The largest absolute Gasteiger partial charge is 0.481 e. The maximum atomic E-state index is 13.7. The van der Waals surface area contributed by atoms with Crippen molar-refractivity contribution in [3.8, 4) is 0 Å². The number of benzene rings is 3. The molecule has 1 amide bonds. The van der Waals surface area contributed by atoms with E-state index in [1.165, 1.54) is 55.9 Å². The van der Waals surface area contributed by atoms with Gasteiger partial charge in [-0.25, -0.2) is 0 Å². The van der Waals surface area contributed by atoms with Crippen LogP contribution in [-0.4, -0.2) is 35.1 Å². The van der Waals surface area contributed by atoms with Crippen LogP contribution in [-0.2, 0) is 4.79 Å². The van der Waals surface area contributed by atoms with Crippen LogP contribution >= 0.6 is 0 Å². The molecule has 200 valence electrons. The maximum Gasteiger partial charge on any atom is 0.305 e. The molecule has 0 unspecified atom stereocenters. The summed E-state index contributed by atoms with van der Waals surface area (Å²) in [5, 5.41) is 11.3. The Morgan fingerprint density at radius 1 is 0.769 bits per heavy atom. The van der Waals surface area contributed by atoms with E-state index in [9.17, 15) is 19.2 Å². The van der Waals surface area contributed by atoms with E-state index in [0.717, 1.165) is 5.56 Å². The number of rotatable bonds is 10. The highest BCUT2D eigenvalue weighted by molar-refractivity contribution is 6.32. The zero-order valence-electron chi connectivity index (χ0n) is 22.1. The summed E-state index contributed by atoms with van der Waals surface area (Å²) in [5.41, 5.74) is 4.40. The van der Waals surface area contributed by atoms with E-state index in [4.69, 9.17) is 5.11 Å².